The first kappa shape index (κ1) is 19.7. The van der Waals surface area contributed by atoms with Gasteiger partial charge in [0.1, 0.15) is 0 Å². The molecule has 5 nitrogen and oxygen atoms in total. The molecule has 0 unspecified atom stereocenters. The molecule has 1 amide bonds. The fourth-order valence-corrected chi connectivity index (χ4v) is 3.40. The van der Waals surface area contributed by atoms with Crippen molar-refractivity contribution in [2.45, 2.75) is 34.6 Å². The van der Waals surface area contributed by atoms with Crippen LogP contribution < -0.4 is 10.2 Å². The molecule has 1 aromatic heterocycles. The quantitative estimate of drug-likeness (QED) is 0.685. The van der Waals surface area contributed by atoms with E-state index < -0.39 is 0 Å². The molecule has 146 valence electrons. The van der Waals surface area contributed by atoms with Crippen LogP contribution in [0.1, 0.15) is 29.4 Å². The Labute approximate surface area is 167 Å². The molecule has 1 heterocycles. The average Bonchev–Trinajstić information content (AvgIpc) is 2.95. The van der Waals surface area contributed by atoms with Crippen molar-refractivity contribution in [2.75, 3.05) is 23.3 Å². The summed E-state index contributed by atoms with van der Waals surface area (Å²) in [5, 5.41) is 7.69. The number of likely N-dealkylation sites (N-methyl/N-ethyl adjacent to an activating group) is 1. The van der Waals surface area contributed by atoms with Crippen molar-refractivity contribution < 1.29 is 4.79 Å². The number of nitrogens with one attached hydrogen (secondary N) is 1. The van der Waals surface area contributed by atoms with Gasteiger partial charge in [-0.25, -0.2) is 4.68 Å². The Hall–Kier alpha value is -3.08. The summed E-state index contributed by atoms with van der Waals surface area (Å²) in [6.07, 6.45) is 0. The standard InChI is InChI=1S/C23H28N4O/c1-6-26(21-10-8-7-9-17(21)3)15-22(28)24-23-18(4)25-27(19(23)5)20-13-11-16(2)12-14-20/h7-14H,6,15H2,1-5H3,(H,24,28). The molecule has 3 aromatic rings. The molecule has 3 rings (SSSR count). The summed E-state index contributed by atoms with van der Waals surface area (Å²) >= 11 is 0. The highest BCUT2D eigenvalue weighted by molar-refractivity contribution is 5.95. The molecule has 0 saturated heterocycles. The molecule has 0 radical (unpaired) electrons. The maximum absolute atomic E-state index is 12.8. The minimum atomic E-state index is -0.0419. The van der Waals surface area contributed by atoms with E-state index >= 15 is 0 Å². The largest absolute Gasteiger partial charge is 0.362 e. The Morgan fingerprint density at radius 3 is 2.36 bits per heavy atom. The Kier molecular flexibility index (Phi) is 5.83. The van der Waals surface area contributed by atoms with Crippen molar-refractivity contribution in [1.82, 2.24) is 9.78 Å². The van der Waals surface area contributed by atoms with Crippen LogP contribution in [0.15, 0.2) is 48.5 Å². The van der Waals surface area contributed by atoms with Gasteiger partial charge in [0.05, 0.1) is 29.3 Å². The second-order valence-corrected chi connectivity index (χ2v) is 7.14. The predicted molar refractivity (Wildman–Crippen MR) is 115 cm³/mol. The first-order chi connectivity index (χ1) is 13.4. The summed E-state index contributed by atoms with van der Waals surface area (Å²) in [5.41, 5.74) is 6.96. The van der Waals surface area contributed by atoms with Gasteiger partial charge in [-0.05, 0) is 58.4 Å². The zero-order valence-corrected chi connectivity index (χ0v) is 17.3. The Morgan fingerprint density at radius 1 is 1.04 bits per heavy atom. The Bertz CT molecular complexity index is 973. The van der Waals surface area contributed by atoms with Crippen LogP contribution >= 0.6 is 0 Å². The van der Waals surface area contributed by atoms with Crippen LogP contribution in [0.5, 0.6) is 0 Å². The lowest BCUT2D eigenvalue weighted by Gasteiger charge is -2.24. The number of aryl methyl sites for hydroxylation is 3. The fraction of sp³-hybridized carbons (Fsp3) is 0.304. The number of para-hydroxylation sites is 1. The topological polar surface area (TPSA) is 50.2 Å². The molecule has 1 N–H and O–H groups in total. The molecule has 2 aromatic carbocycles. The van der Waals surface area contributed by atoms with E-state index in [0.717, 1.165) is 40.6 Å². The number of rotatable bonds is 6. The van der Waals surface area contributed by atoms with E-state index in [2.05, 4.69) is 60.4 Å². The second-order valence-electron chi connectivity index (χ2n) is 7.14. The monoisotopic (exact) mass is 376 g/mol. The van der Waals surface area contributed by atoms with Crippen molar-refractivity contribution in [1.29, 1.82) is 0 Å². The maximum Gasteiger partial charge on any atom is 0.243 e. The van der Waals surface area contributed by atoms with Gasteiger partial charge in [-0.1, -0.05) is 35.9 Å². The summed E-state index contributed by atoms with van der Waals surface area (Å²) in [6, 6.07) is 16.3. The first-order valence-corrected chi connectivity index (χ1v) is 9.64. The SMILES string of the molecule is CCN(CC(=O)Nc1c(C)nn(-c2ccc(C)cc2)c1C)c1ccccc1C. The smallest absolute Gasteiger partial charge is 0.243 e. The minimum absolute atomic E-state index is 0.0419. The summed E-state index contributed by atoms with van der Waals surface area (Å²) in [5.74, 6) is -0.0419. The van der Waals surface area contributed by atoms with Gasteiger partial charge in [-0.15, -0.1) is 0 Å². The summed E-state index contributed by atoms with van der Waals surface area (Å²) in [4.78, 5) is 14.9. The highest BCUT2D eigenvalue weighted by Crippen LogP contribution is 2.24. The van der Waals surface area contributed by atoms with Gasteiger partial charge in [-0.2, -0.15) is 5.10 Å². The van der Waals surface area contributed by atoms with Gasteiger partial charge >= 0.3 is 0 Å². The van der Waals surface area contributed by atoms with E-state index in [4.69, 9.17) is 0 Å². The van der Waals surface area contributed by atoms with E-state index in [1.54, 1.807) is 0 Å². The first-order valence-electron chi connectivity index (χ1n) is 9.64. The van der Waals surface area contributed by atoms with Gasteiger partial charge in [0.25, 0.3) is 0 Å². The van der Waals surface area contributed by atoms with Crippen LogP contribution in [0.25, 0.3) is 5.69 Å². The normalized spacial score (nSPS) is 10.8. The third kappa shape index (κ3) is 4.09. The molecule has 0 bridgehead atoms. The third-order valence-electron chi connectivity index (χ3n) is 5.01. The van der Waals surface area contributed by atoms with E-state index in [-0.39, 0.29) is 5.91 Å². The van der Waals surface area contributed by atoms with Crippen LogP contribution in [-0.4, -0.2) is 28.8 Å². The third-order valence-corrected chi connectivity index (χ3v) is 5.01. The van der Waals surface area contributed by atoms with Crippen molar-refractivity contribution >= 4 is 17.3 Å². The van der Waals surface area contributed by atoms with Crippen LogP contribution in [0.2, 0.25) is 0 Å². The van der Waals surface area contributed by atoms with Crippen molar-refractivity contribution in [3.63, 3.8) is 0 Å². The molecule has 0 fully saturated rings. The molecular formula is C23H28N4O. The summed E-state index contributed by atoms with van der Waals surface area (Å²) in [7, 11) is 0. The Morgan fingerprint density at radius 2 is 1.71 bits per heavy atom. The number of amides is 1. The van der Waals surface area contributed by atoms with Gasteiger partial charge in [0.15, 0.2) is 0 Å². The minimum Gasteiger partial charge on any atom is -0.362 e. The number of aromatic nitrogens is 2. The van der Waals surface area contributed by atoms with Gasteiger partial charge in [-0.3, -0.25) is 4.79 Å². The van der Waals surface area contributed by atoms with Crippen LogP contribution in [0.3, 0.4) is 0 Å². The van der Waals surface area contributed by atoms with Gasteiger partial charge < -0.3 is 10.2 Å². The second kappa shape index (κ2) is 8.30. The number of anilines is 2. The molecular weight excluding hydrogens is 348 g/mol. The molecule has 0 aliphatic carbocycles. The van der Waals surface area contributed by atoms with Crippen molar-refractivity contribution in [3.8, 4) is 5.69 Å². The molecule has 5 heteroatoms. The number of carbonyl (C=O) groups is 1. The average molecular weight is 377 g/mol. The summed E-state index contributed by atoms with van der Waals surface area (Å²) in [6.45, 7) is 11.2. The number of benzene rings is 2. The molecule has 0 aliphatic heterocycles. The molecule has 0 atom stereocenters. The lowest BCUT2D eigenvalue weighted by atomic mass is 10.2. The number of nitrogens with zero attached hydrogens (tertiary/aromatic N) is 3. The molecule has 0 saturated carbocycles. The van der Waals surface area contributed by atoms with E-state index in [1.807, 2.05) is 42.8 Å². The van der Waals surface area contributed by atoms with E-state index in [0.29, 0.717) is 6.54 Å². The van der Waals surface area contributed by atoms with Crippen LogP contribution in [0.4, 0.5) is 11.4 Å². The Balaban J connectivity index is 1.79. The lowest BCUT2D eigenvalue weighted by Crippen LogP contribution is -2.33. The highest BCUT2D eigenvalue weighted by atomic mass is 16.2. The zero-order chi connectivity index (χ0) is 20.3. The fourth-order valence-electron chi connectivity index (χ4n) is 3.40. The van der Waals surface area contributed by atoms with E-state index in [1.165, 1.54) is 5.56 Å². The number of hydrogen-bond acceptors (Lipinski definition) is 3. The van der Waals surface area contributed by atoms with Gasteiger partial charge in [0, 0.05) is 12.2 Å². The van der Waals surface area contributed by atoms with Crippen molar-refractivity contribution in [2.24, 2.45) is 0 Å². The lowest BCUT2D eigenvalue weighted by molar-refractivity contribution is -0.115. The van der Waals surface area contributed by atoms with Crippen LogP contribution in [0, 0.1) is 27.7 Å². The highest BCUT2D eigenvalue weighted by Gasteiger charge is 2.17. The van der Waals surface area contributed by atoms with E-state index in [9.17, 15) is 4.79 Å². The van der Waals surface area contributed by atoms with Crippen LogP contribution in [-0.2, 0) is 4.79 Å². The zero-order valence-electron chi connectivity index (χ0n) is 17.3. The number of hydrogen-bond donors (Lipinski definition) is 1. The summed E-state index contributed by atoms with van der Waals surface area (Å²) < 4.78 is 1.88. The van der Waals surface area contributed by atoms with Crippen molar-refractivity contribution in [3.05, 3.63) is 71.0 Å². The maximum atomic E-state index is 12.8. The molecule has 0 spiro atoms. The molecule has 0 aliphatic rings. The molecule has 28 heavy (non-hydrogen) atoms. The van der Waals surface area contributed by atoms with Gasteiger partial charge in [0.2, 0.25) is 5.91 Å². The number of carbonyl (C=O) groups excluding carboxylic acids is 1. The predicted octanol–water partition coefficient (Wildman–Crippen LogP) is 4.57.